The van der Waals surface area contributed by atoms with Crippen LogP contribution in [0.1, 0.15) is 24.5 Å². The first-order chi connectivity index (χ1) is 7.17. The number of carbonyl (C=O) groups is 1. The maximum Gasteiger partial charge on any atom is 0.225 e. The van der Waals surface area contributed by atoms with E-state index < -0.39 is 0 Å². The van der Waals surface area contributed by atoms with Crippen molar-refractivity contribution in [3.8, 4) is 0 Å². The van der Waals surface area contributed by atoms with Crippen LogP contribution >= 0.6 is 11.6 Å². The van der Waals surface area contributed by atoms with E-state index in [0.717, 1.165) is 12.1 Å². The van der Waals surface area contributed by atoms with Crippen molar-refractivity contribution >= 4 is 23.2 Å². The van der Waals surface area contributed by atoms with E-state index in [-0.39, 0.29) is 5.91 Å². The Morgan fingerprint density at radius 2 is 2.20 bits per heavy atom. The summed E-state index contributed by atoms with van der Waals surface area (Å²) in [4.78, 5) is 11.3. The van der Waals surface area contributed by atoms with Crippen LogP contribution < -0.4 is 5.32 Å². The molecule has 0 aliphatic rings. The van der Waals surface area contributed by atoms with E-state index >= 15 is 0 Å². The molecule has 0 heterocycles. The smallest absolute Gasteiger partial charge is 0.225 e. The van der Waals surface area contributed by atoms with Crippen molar-refractivity contribution in [2.45, 2.75) is 26.7 Å². The zero-order valence-electron chi connectivity index (χ0n) is 9.14. The lowest BCUT2D eigenvalue weighted by molar-refractivity contribution is -0.115. The number of nitrogens with one attached hydrogen (secondary N) is 1. The quantitative estimate of drug-likeness (QED) is 0.784. The van der Waals surface area contributed by atoms with E-state index in [1.165, 1.54) is 11.1 Å². The van der Waals surface area contributed by atoms with Crippen LogP contribution in [0.15, 0.2) is 18.2 Å². The van der Waals surface area contributed by atoms with Gasteiger partial charge in [0.25, 0.3) is 0 Å². The molecular formula is C12H16ClNO. The van der Waals surface area contributed by atoms with Gasteiger partial charge in [-0.25, -0.2) is 0 Å². The standard InChI is InChI=1S/C12H16ClNO/c1-3-10-4-5-11(8-9(10)2)14-12(15)6-7-13/h4-5,8H,3,6-7H2,1-2H3,(H,14,15). The lowest BCUT2D eigenvalue weighted by atomic mass is 10.1. The molecule has 2 nitrogen and oxygen atoms in total. The molecule has 1 aromatic carbocycles. The Balaban J connectivity index is 2.71. The van der Waals surface area contributed by atoms with Gasteiger partial charge in [0.2, 0.25) is 5.91 Å². The summed E-state index contributed by atoms with van der Waals surface area (Å²) in [7, 11) is 0. The topological polar surface area (TPSA) is 29.1 Å². The molecule has 1 aromatic rings. The number of halogens is 1. The highest BCUT2D eigenvalue weighted by molar-refractivity contribution is 6.19. The van der Waals surface area contributed by atoms with Gasteiger partial charge in [-0.3, -0.25) is 4.79 Å². The molecule has 3 heteroatoms. The van der Waals surface area contributed by atoms with Crippen molar-refractivity contribution < 1.29 is 4.79 Å². The summed E-state index contributed by atoms with van der Waals surface area (Å²) in [5, 5.41) is 2.81. The predicted molar refractivity (Wildman–Crippen MR) is 64.5 cm³/mol. The maximum atomic E-state index is 11.3. The van der Waals surface area contributed by atoms with Crippen LogP contribution in [-0.4, -0.2) is 11.8 Å². The highest BCUT2D eigenvalue weighted by atomic mass is 35.5. The summed E-state index contributed by atoms with van der Waals surface area (Å²) >= 11 is 5.48. The first-order valence-electron chi connectivity index (χ1n) is 5.12. The summed E-state index contributed by atoms with van der Waals surface area (Å²) in [5.74, 6) is 0.325. The molecule has 0 fully saturated rings. The van der Waals surface area contributed by atoms with Gasteiger partial charge in [-0.05, 0) is 36.6 Å². The van der Waals surface area contributed by atoms with Crippen LogP contribution in [0.3, 0.4) is 0 Å². The van der Waals surface area contributed by atoms with Gasteiger partial charge in [0.15, 0.2) is 0 Å². The number of hydrogen-bond donors (Lipinski definition) is 1. The lowest BCUT2D eigenvalue weighted by Crippen LogP contribution is -2.11. The van der Waals surface area contributed by atoms with E-state index in [2.05, 4.69) is 19.2 Å². The Labute approximate surface area is 95.6 Å². The van der Waals surface area contributed by atoms with Crippen LogP contribution in [0, 0.1) is 6.92 Å². The molecule has 0 aliphatic heterocycles. The molecular weight excluding hydrogens is 210 g/mol. The normalized spacial score (nSPS) is 10.1. The minimum absolute atomic E-state index is 0.0337. The first-order valence-corrected chi connectivity index (χ1v) is 5.66. The molecule has 0 saturated carbocycles. The number of hydrogen-bond acceptors (Lipinski definition) is 1. The van der Waals surface area contributed by atoms with E-state index in [9.17, 15) is 4.79 Å². The van der Waals surface area contributed by atoms with E-state index in [4.69, 9.17) is 11.6 Å². The van der Waals surface area contributed by atoms with Gasteiger partial charge in [-0.1, -0.05) is 13.0 Å². The fourth-order valence-electron chi connectivity index (χ4n) is 1.48. The van der Waals surface area contributed by atoms with Gasteiger partial charge in [-0.2, -0.15) is 0 Å². The molecule has 0 unspecified atom stereocenters. The third-order valence-corrected chi connectivity index (χ3v) is 2.52. The zero-order chi connectivity index (χ0) is 11.3. The van der Waals surface area contributed by atoms with Crippen molar-refractivity contribution in [3.05, 3.63) is 29.3 Å². The molecule has 1 N–H and O–H groups in total. The Bertz CT molecular complexity index is 349. The summed E-state index contributed by atoms with van der Waals surface area (Å²) in [6.07, 6.45) is 1.37. The van der Waals surface area contributed by atoms with Crippen LogP contribution in [0.4, 0.5) is 5.69 Å². The monoisotopic (exact) mass is 225 g/mol. The average molecular weight is 226 g/mol. The van der Waals surface area contributed by atoms with Crippen molar-refractivity contribution in [2.75, 3.05) is 11.2 Å². The maximum absolute atomic E-state index is 11.3. The molecule has 82 valence electrons. The van der Waals surface area contributed by atoms with Crippen molar-refractivity contribution in [3.63, 3.8) is 0 Å². The number of benzene rings is 1. The second-order valence-electron chi connectivity index (χ2n) is 3.48. The second kappa shape index (κ2) is 5.76. The van der Waals surface area contributed by atoms with E-state index in [1.54, 1.807) is 0 Å². The molecule has 1 rings (SSSR count). The largest absolute Gasteiger partial charge is 0.326 e. The van der Waals surface area contributed by atoms with Gasteiger partial charge in [0.1, 0.15) is 0 Å². The minimum Gasteiger partial charge on any atom is -0.326 e. The van der Waals surface area contributed by atoms with Gasteiger partial charge in [0.05, 0.1) is 0 Å². The van der Waals surface area contributed by atoms with Crippen molar-refractivity contribution in [1.29, 1.82) is 0 Å². The summed E-state index contributed by atoms with van der Waals surface area (Å²) in [6.45, 7) is 4.17. The number of aryl methyl sites for hydroxylation is 2. The Kier molecular flexibility index (Phi) is 4.63. The Hall–Kier alpha value is -1.02. The van der Waals surface area contributed by atoms with Crippen LogP contribution in [0.2, 0.25) is 0 Å². The second-order valence-corrected chi connectivity index (χ2v) is 3.86. The minimum atomic E-state index is -0.0337. The molecule has 15 heavy (non-hydrogen) atoms. The molecule has 0 saturated heterocycles. The zero-order valence-corrected chi connectivity index (χ0v) is 9.90. The molecule has 0 atom stereocenters. The van der Waals surface area contributed by atoms with Gasteiger partial charge in [-0.15, -0.1) is 11.6 Å². The van der Waals surface area contributed by atoms with E-state index in [0.29, 0.717) is 12.3 Å². The predicted octanol–water partition coefficient (Wildman–Crippen LogP) is 3.12. The van der Waals surface area contributed by atoms with Crippen molar-refractivity contribution in [1.82, 2.24) is 0 Å². The number of rotatable bonds is 4. The van der Waals surface area contributed by atoms with Crippen LogP contribution in [-0.2, 0) is 11.2 Å². The summed E-state index contributed by atoms with van der Waals surface area (Å²) in [5.41, 5.74) is 3.37. The number of alkyl halides is 1. The molecule has 0 aliphatic carbocycles. The van der Waals surface area contributed by atoms with Gasteiger partial charge < -0.3 is 5.32 Å². The Morgan fingerprint density at radius 1 is 1.47 bits per heavy atom. The Morgan fingerprint density at radius 3 is 2.73 bits per heavy atom. The summed E-state index contributed by atoms with van der Waals surface area (Å²) < 4.78 is 0. The molecule has 0 aromatic heterocycles. The van der Waals surface area contributed by atoms with Gasteiger partial charge >= 0.3 is 0 Å². The third-order valence-electron chi connectivity index (χ3n) is 2.33. The fraction of sp³-hybridized carbons (Fsp3) is 0.417. The SMILES string of the molecule is CCc1ccc(NC(=O)CCCl)cc1C. The highest BCUT2D eigenvalue weighted by Gasteiger charge is 2.02. The van der Waals surface area contributed by atoms with E-state index in [1.807, 2.05) is 18.2 Å². The third kappa shape index (κ3) is 3.56. The summed E-state index contributed by atoms with van der Waals surface area (Å²) in [6, 6.07) is 5.97. The molecule has 0 radical (unpaired) electrons. The average Bonchev–Trinajstić information content (AvgIpc) is 2.18. The number of amides is 1. The molecule has 0 bridgehead atoms. The van der Waals surface area contributed by atoms with Crippen molar-refractivity contribution in [2.24, 2.45) is 0 Å². The molecule has 0 spiro atoms. The lowest BCUT2D eigenvalue weighted by Gasteiger charge is -2.07. The number of anilines is 1. The highest BCUT2D eigenvalue weighted by Crippen LogP contribution is 2.15. The van der Waals surface area contributed by atoms with Crippen LogP contribution in [0.25, 0.3) is 0 Å². The molecule has 1 amide bonds. The number of carbonyl (C=O) groups excluding carboxylic acids is 1. The fourth-order valence-corrected chi connectivity index (χ4v) is 1.65. The van der Waals surface area contributed by atoms with Crippen LogP contribution in [0.5, 0.6) is 0 Å². The first kappa shape index (κ1) is 12.1. The van der Waals surface area contributed by atoms with Gasteiger partial charge in [0, 0.05) is 18.0 Å².